The zero-order valence-corrected chi connectivity index (χ0v) is 12.8. The first-order chi connectivity index (χ1) is 10.0. The molecule has 2 amide bonds. The summed E-state index contributed by atoms with van der Waals surface area (Å²) in [7, 11) is 1.29. The molecule has 9 heteroatoms. The first-order valence-corrected chi connectivity index (χ1v) is 7.11. The standard InChI is InChI=1S/C12H13ClN4O3S/c1-6-5-21-10(9(6)11(18)20-2)15-12(19)14-8-4-3-7(13)16-17-8/h3-5,16-17H,1-2H3,(H2,14,15,19). The molecular weight excluding hydrogens is 316 g/mol. The number of rotatable bonds is 3. The van der Waals surface area contributed by atoms with E-state index in [4.69, 9.17) is 16.3 Å². The van der Waals surface area contributed by atoms with E-state index in [1.807, 2.05) is 0 Å². The number of hydrazine groups is 1. The van der Waals surface area contributed by atoms with Gasteiger partial charge in [0.05, 0.1) is 12.7 Å². The molecule has 0 bridgehead atoms. The zero-order chi connectivity index (χ0) is 15.4. The molecule has 1 aromatic rings. The molecule has 112 valence electrons. The van der Waals surface area contributed by atoms with Gasteiger partial charge in [-0.15, -0.1) is 11.3 Å². The third-order valence-corrected chi connectivity index (χ3v) is 3.79. The normalized spacial score (nSPS) is 13.3. The van der Waals surface area contributed by atoms with E-state index in [1.54, 1.807) is 24.5 Å². The Morgan fingerprint density at radius 2 is 2.05 bits per heavy atom. The summed E-state index contributed by atoms with van der Waals surface area (Å²) in [6, 6.07) is -0.492. The maximum atomic E-state index is 11.9. The van der Waals surface area contributed by atoms with E-state index >= 15 is 0 Å². The van der Waals surface area contributed by atoms with Gasteiger partial charge in [-0.25, -0.2) is 9.59 Å². The van der Waals surface area contributed by atoms with Crippen LogP contribution in [0, 0.1) is 6.92 Å². The SMILES string of the molecule is COC(=O)c1c(C)csc1NC(=O)NC1=CC=C(Cl)NN1. The lowest BCUT2D eigenvalue weighted by Crippen LogP contribution is -2.41. The van der Waals surface area contributed by atoms with Crippen molar-refractivity contribution in [2.75, 3.05) is 12.4 Å². The summed E-state index contributed by atoms with van der Waals surface area (Å²) in [6.07, 6.45) is 3.18. The molecule has 2 rings (SSSR count). The Hall–Kier alpha value is -2.19. The molecule has 0 atom stereocenters. The molecule has 0 spiro atoms. The highest BCUT2D eigenvalue weighted by atomic mass is 35.5. The Balaban J connectivity index is 2.05. The van der Waals surface area contributed by atoms with Crippen LogP contribution in [-0.4, -0.2) is 19.1 Å². The average molecular weight is 329 g/mol. The highest BCUT2D eigenvalue weighted by molar-refractivity contribution is 7.15. The first-order valence-electron chi connectivity index (χ1n) is 5.85. The van der Waals surface area contributed by atoms with Crippen molar-refractivity contribution in [3.05, 3.63) is 39.6 Å². The first kappa shape index (κ1) is 15.2. The second-order valence-electron chi connectivity index (χ2n) is 4.04. The second kappa shape index (κ2) is 6.51. The topological polar surface area (TPSA) is 91.5 Å². The van der Waals surface area contributed by atoms with Crippen molar-refractivity contribution in [3.63, 3.8) is 0 Å². The monoisotopic (exact) mass is 328 g/mol. The van der Waals surface area contributed by atoms with E-state index in [1.165, 1.54) is 18.4 Å². The van der Waals surface area contributed by atoms with Crippen molar-refractivity contribution in [1.29, 1.82) is 0 Å². The largest absolute Gasteiger partial charge is 0.465 e. The third kappa shape index (κ3) is 3.67. The van der Waals surface area contributed by atoms with Gasteiger partial charge in [0.15, 0.2) is 0 Å². The number of hydrogen-bond donors (Lipinski definition) is 4. The number of hydrogen-bond acceptors (Lipinski definition) is 6. The van der Waals surface area contributed by atoms with Gasteiger partial charge >= 0.3 is 12.0 Å². The summed E-state index contributed by atoms with van der Waals surface area (Å²) in [5.41, 5.74) is 6.42. The predicted octanol–water partition coefficient (Wildman–Crippen LogP) is 1.99. The van der Waals surface area contributed by atoms with Crippen LogP contribution in [0.25, 0.3) is 0 Å². The molecule has 0 saturated carbocycles. The Labute approximate surface area is 130 Å². The number of esters is 1. The lowest BCUT2D eigenvalue weighted by atomic mass is 10.2. The number of nitrogens with one attached hydrogen (secondary N) is 4. The van der Waals surface area contributed by atoms with Gasteiger partial charge in [0, 0.05) is 0 Å². The van der Waals surface area contributed by atoms with Crippen LogP contribution in [-0.2, 0) is 4.74 Å². The lowest BCUT2D eigenvalue weighted by molar-refractivity contribution is 0.0601. The van der Waals surface area contributed by atoms with Gasteiger partial charge < -0.3 is 4.74 Å². The fourth-order valence-electron chi connectivity index (χ4n) is 1.59. The van der Waals surface area contributed by atoms with Gasteiger partial charge in [-0.2, -0.15) is 0 Å². The van der Waals surface area contributed by atoms with Gasteiger partial charge in [-0.3, -0.25) is 21.5 Å². The smallest absolute Gasteiger partial charge is 0.341 e. The van der Waals surface area contributed by atoms with Gasteiger partial charge in [-0.05, 0) is 30.0 Å². The molecule has 0 radical (unpaired) electrons. The van der Waals surface area contributed by atoms with Crippen LogP contribution in [0.4, 0.5) is 9.80 Å². The van der Waals surface area contributed by atoms with E-state index in [2.05, 4.69) is 21.5 Å². The van der Waals surface area contributed by atoms with Crippen molar-refractivity contribution < 1.29 is 14.3 Å². The van der Waals surface area contributed by atoms with E-state index < -0.39 is 12.0 Å². The minimum atomic E-state index is -0.492. The highest BCUT2D eigenvalue weighted by Gasteiger charge is 2.19. The minimum Gasteiger partial charge on any atom is -0.465 e. The van der Waals surface area contributed by atoms with Gasteiger partial charge in [-0.1, -0.05) is 11.6 Å². The van der Waals surface area contributed by atoms with Crippen LogP contribution in [0.3, 0.4) is 0 Å². The Morgan fingerprint density at radius 3 is 2.67 bits per heavy atom. The number of thiophene rings is 1. The van der Waals surface area contributed by atoms with Crippen molar-refractivity contribution in [2.45, 2.75) is 6.92 Å². The summed E-state index contributed by atoms with van der Waals surface area (Å²) in [5, 5.41) is 7.78. The molecule has 0 aromatic carbocycles. The van der Waals surface area contributed by atoms with E-state index in [0.29, 0.717) is 21.5 Å². The van der Waals surface area contributed by atoms with Crippen LogP contribution in [0.15, 0.2) is 28.5 Å². The van der Waals surface area contributed by atoms with Crippen LogP contribution >= 0.6 is 22.9 Å². The number of halogens is 1. The fourth-order valence-corrected chi connectivity index (χ4v) is 2.62. The Morgan fingerprint density at radius 1 is 1.29 bits per heavy atom. The molecule has 21 heavy (non-hydrogen) atoms. The Bertz CT molecular complexity index is 638. The highest BCUT2D eigenvalue weighted by Crippen LogP contribution is 2.28. The van der Waals surface area contributed by atoms with Gasteiger partial charge in [0.25, 0.3) is 0 Å². The minimum absolute atomic E-state index is 0.351. The quantitative estimate of drug-likeness (QED) is 0.503. The average Bonchev–Trinajstić information content (AvgIpc) is 2.81. The molecule has 1 aromatic heterocycles. The van der Waals surface area contributed by atoms with Crippen LogP contribution in [0.2, 0.25) is 0 Å². The van der Waals surface area contributed by atoms with Crippen LogP contribution in [0.1, 0.15) is 15.9 Å². The number of carbonyl (C=O) groups is 2. The third-order valence-electron chi connectivity index (χ3n) is 2.55. The number of amides is 2. The van der Waals surface area contributed by atoms with Gasteiger partial charge in [0.2, 0.25) is 0 Å². The summed E-state index contributed by atoms with van der Waals surface area (Å²) < 4.78 is 4.70. The van der Waals surface area contributed by atoms with Crippen LogP contribution < -0.4 is 21.5 Å². The van der Waals surface area contributed by atoms with Crippen LogP contribution in [0.5, 0.6) is 0 Å². The number of methoxy groups -OCH3 is 1. The maximum absolute atomic E-state index is 11.9. The Kier molecular flexibility index (Phi) is 4.71. The summed E-state index contributed by atoms with van der Waals surface area (Å²) in [4.78, 5) is 23.6. The van der Waals surface area contributed by atoms with Crippen molar-refractivity contribution in [1.82, 2.24) is 16.2 Å². The zero-order valence-electron chi connectivity index (χ0n) is 11.2. The summed E-state index contributed by atoms with van der Waals surface area (Å²) in [5.74, 6) is -0.0692. The van der Waals surface area contributed by atoms with Crippen molar-refractivity contribution in [3.8, 4) is 0 Å². The fraction of sp³-hybridized carbons (Fsp3) is 0.167. The van der Waals surface area contributed by atoms with E-state index in [9.17, 15) is 9.59 Å². The van der Waals surface area contributed by atoms with Crippen molar-refractivity contribution in [2.24, 2.45) is 0 Å². The van der Waals surface area contributed by atoms with Gasteiger partial charge in [0.1, 0.15) is 16.0 Å². The number of anilines is 1. The maximum Gasteiger partial charge on any atom is 0.341 e. The molecule has 1 aliphatic rings. The number of allylic oxidation sites excluding steroid dienone is 2. The number of aryl methyl sites for hydroxylation is 1. The molecule has 0 fully saturated rings. The molecule has 0 aliphatic carbocycles. The number of ether oxygens (including phenoxy) is 1. The molecule has 0 unspecified atom stereocenters. The summed E-state index contributed by atoms with van der Waals surface area (Å²) in [6.45, 7) is 1.77. The lowest BCUT2D eigenvalue weighted by Gasteiger charge is -2.16. The number of urea groups is 1. The van der Waals surface area contributed by atoms with E-state index in [-0.39, 0.29) is 0 Å². The predicted molar refractivity (Wildman–Crippen MR) is 80.8 cm³/mol. The molecule has 7 nitrogen and oxygen atoms in total. The molecule has 2 heterocycles. The van der Waals surface area contributed by atoms with Crippen molar-refractivity contribution >= 4 is 39.9 Å². The number of carbonyl (C=O) groups excluding carboxylic acids is 2. The molecule has 4 N–H and O–H groups in total. The molecular formula is C12H13ClN4O3S. The molecule has 1 aliphatic heterocycles. The summed E-state index contributed by atoms with van der Waals surface area (Å²) >= 11 is 6.94. The second-order valence-corrected chi connectivity index (χ2v) is 5.33. The van der Waals surface area contributed by atoms with E-state index in [0.717, 1.165) is 5.56 Å². The molecule has 0 saturated heterocycles.